The van der Waals surface area contributed by atoms with Crippen LogP contribution < -0.4 is 0 Å². The Bertz CT molecular complexity index is 702. The Morgan fingerprint density at radius 1 is 1.36 bits per heavy atom. The van der Waals surface area contributed by atoms with Gasteiger partial charge in [0, 0.05) is 26.2 Å². The average molecular weight is 330 g/mol. The molecule has 1 aromatic heterocycles. The lowest BCUT2D eigenvalue weighted by molar-refractivity contribution is -0.137. The highest BCUT2D eigenvalue weighted by molar-refractivity contribution is 7.88. The van der Waals surface area contributed by atoms with E-state index in [9.17, 15) is 18.0 Å². The molecule has 1 N–H and O–H groups in total. The number of nitrogens with zero attached hydrogens (tertiary/aromatic N) is 2. The molecule has 122 valence electrons. The summed E-state index contributed by atoms with van der Waals surface area (Å²) in [5.74, 6) is -1.48. The molecule has 2 rings (SSSR count). The molecular formula is C13H18N2O6S. The molecule has 1 fully saturated rings. The van der Waals surface area contributed by atoms with Crippen molar-refractivity contribution in [2.24, 2.45) is 0 Å². The van der Waals surface area contributed by atoms with Gasteiger partial charge in [0.15, 0.2) is 0 Å². The van der Waals surface area contributed by atoms with Gasteiger partial charge in [-0.05, 0) is 19.8 Å². The fourth-order valence-corrected chi connectivity index (χ4v) is 2.88. The normalized spacial score (nSPS) is 15.1. The molecule has 1 amide bonds. The van der Waals surface area contributed by atoms with Crippen molar-refractivity contribution in [1.82, 2.24) is 9.21 Å². The van der Waals surface area contributed by atoms with Crippen molar-refractivity contribution >= 4 is 21.9 Å². The van der Waals surface area contributed by atoms with Crippen LogP contribution in [0.4, 0.5) is 0 Å². The number of hydrogen-bond acceptors (Lipinski definition) is 5. The van der Waals surface area contributed by atoms with Gasteiger partial charge < -0.3 is 14.4 Å². The smallest absolute Gasteiger partial charge is 0.323 e. The van der Waals surface area contributed by atoms with Crippen molar-refractivity contribution in [2.75, 3.05) is 20.6 Å². The highest BCUT2D eigenvalue weighted by atomic mass is 32.2. The summed E-state index contributed by atoms with van der Waals surface area (Å²) in [5.41, 5.74) is 0.0774. The molecule has 1 heterocycles. The summed E-state index contributed by atoms with van der Waals surface area (Å²) >= 11 is 0. The summed E-state index contributed by atoms with van der Waals surface area (Å²) in [6.07, 6.45) is 1.50. The van der Waals surface area contributed by atoms with Crippen LogP contribution in [0.15, 0.2) is 15.6 Å². The van der Waals surface area contributed by atoms with Crippen LogP contribution in [-0.4, -0.2) is 61.3 Å². The van der Waals surface area contributed by atoms with Crippen LogP contribution in [-0.2, 0) is 14.8 Å². The summed E-state index contributed by atoms with van der Waals surface area (Å²) in [5, 5.41) is 8.58. The number of carboxylic acid groups (broad SMARTS) is 1. The Hall–Kier alpha value is -1.87. The third-order valence-corrected chi connectivity index (χ3v) is 5.09. The molecule has 0 unspecified atom stereocenters. The topological polar surface area (TPSA) is 108 Å². The molecule has 0 aromatic carbocycles. The zero-order valence-corrected chi connectivity index (χ0v) is 13.4. The minimum absolute atomic E-state index is 0.0774. The quantitative estimate of drug-likeness (QED) is 0.815. The fourth-order valence-electron chi connectivity index (χ4n) is 2.03. The summed E-state index contributed by atoms with van der Waals surface area (Å²) in [7, 11) is -1.07. The largest absolute Gasteiger partial charge is 0.480 e. The number of aliphatic carboxylic acids is 1. The third kappa shape index (κ3) is 3.14. The van der Waals surface area contributed by atoms with Crippen LogP contribution in [0, 0.1) is 6.92 Å². The standard InChI is InChI=1S/C13H18N2O6S/c1-8-10(6-12(21-8)22(19,20)14(2)3)13(18)15(7-11(16)17)9-4-5-9/h6,9H,4-5,7H2,1-3H3,(H,16,17). The van der Waals surface area contributed by atoms with E-state index in [1.54, 1.807) is 0 Å². The van der Waals surface area contributed by atoms with E-state index in [0.29, 0.717) is 0 Å². The van der Waals surface area contributed by atoms with E-state index in [0.717, 1.165) is 23.2 Å². The minimum Gasteiger partial charge on any atom is -0.480 e. The molecule has 0 aliphatic heterocycles. The van der Waals surface area contributed by atoms with E-state index in [4.69, 9.17) is 9.52 Å². The second-order valence-electron chi connectivity index (χ2n) is 5.38. The zero-order chi connectivity index (χ0) is 16.7. The number of carboxylic acids is 1. The summed E-state index contributed by atoms with van der Waals surface area (Å²) < 4.78 is 30.2. The molecule has 0 atom stereocenters. The van der Waals surface area contributed by atoms with Crippen molar-refractivity contribution in [3.63, 3.8) is 0 Å². The minimum atomic E-state index is -3.79. The van der Waals surface area contributed by atoms with E-state index in [1.807, 2.05) is 0 Å². The molecule has 0 bridgehead atoms. The number of rotatable bonds is 6. The number of sulfonamides is 1. The first-order valence-electron chi connectivity index (χ1n) is 6.70. The van der Waals surface area contributed by atoms with Gasteiger partial charge in [0.05, 0.1) is 5.56 Å². The number of amides is 1. The van der Waals surface area contributed by atoms with Crippen LogP contribution in [0.3, 0.4) is 0 Å². The molecule has 0 spiro atoms. The van der Waals surface area contributed by atoms with Crippen molar-refractivity contribution in [3.8, 4) is 0 Å². The van der Waals surface area contributed by atoms with E-state index in [1.165, 1.54) is 25.9 Å². The maximum atomic E-state index is 12.5. The van der Waals surface area contributed by atoms with Crippen molar-refractivity contribution < 1.29 is 27.5 Å². The maximum absolute atomic E-state index is 12.5. The number of carbonyl (C=O) groups is 2. The molecule has 0 saturated heterocycles. The molecule has 22 heavy (non-hydrogen) atoms. The van der Waals surface area contributed by atoms with Crippen LogP contribution in [0.5, 0.6) is 0 Å². The van der Waals surface area contributed by atoms with Gasteiger partial charge in [-0.2, -0.15) is 0 Å². The fraction of sp³-hybridized carbons (Fsp3) is 0.538. The van der Waals surface area contributed by atoms with E-state index in [2.05, 4.69) is 0 Å². The predicted octanol–water partition coefficient (Wildman–Crippen LogP) is 0.528. The predicted molar refractivity (Wildman–Crippen MR) is 76.0 cm³/mol. The van der Waals surface area contributed by atoms with Crippen LogP contribution >= 0.6 is 0 Å². The molecule has 0 radical (unpaired) electrons. The Balaban J connectivity index is 2.34. The molecule has 1 aliphatic rings. The molecule has 1 saturated carbocycles. The number of hydrogen-bond donors (Lipinski definition) is 1. The van der Waals surface area contributed by atoms with E-state index >= 15 is 0 Å². The summed E-state index contributed by atoms with van der Waals surface area (Å²) in [6, 6.07) is 1.05. The van der Waals surface area contributed by atoms with Crippen LogP contribution in [0.2, 0.25) is 0 Å². The monoisotopic (exact) mass is 330 g/mol. The van der Waals surface area contributed by atoms with Crippen LogP contribution in [0.25, 0.3) is 0 Å². The maximum Gasteiger partial charge on any atom is 0.323 e. The first-order chi connectivity index (χ1) is 10.1. The molecule has 8 nitrogen and oxygen atoms in total. The van der Waals surface area contributed by atoms with Gasteiger partial charge in [0.25, 0.3) is 15.9 Å². The summed E-state index contributed by atoms with van der Waals surface area (Å²) in [6.45, 7) is 1.07. The highest BCUT2D eigenvalue weighted by Crippen LogP contribution is 2.30. The Morgan fingerprint density at radius 3 is 2.41 bits per heavy atom. The lowest BCUT2D eigenvalue weighted by Crippen LogP contribution is -2.37. The molecule has 1 aliphatic carbocycles. The van der Waals surface area contributed by atoms with Gasteiger partial charge in [0.2, 0.25) is 5.09 Å². The van der Waals surface area contributed by atoms with Crippen molar-refractivity contribution in [3.05, 3.63) is 17.4 Å². The van der Waals surface area contributed by atoms with Crippen molar-refractivity contribution in [2.45, 2.75) is 30.9 Å². The molecule has 9 heteroatoms. The Morgan fingerprint density at radius 2 is 1.95 bits per heavy atom. The lowest BCUT2D eigenvalue weighted by atomic mass is 10.2. The third-order valence-electron chi connectivity index (χ3n) is 3.41. The average Bonchev–Trinajstić information content (AvgIpc) is 3.17. The van der Waals surface area contributed by atoms with E-state index < -0.39 is 28.4 Å². The molecule has 1 aromatic rings. The van der Waals surface area contributed by atoms with Crippen LogP contribution in [0.1, 0.15) is 29.0 Å². The first-order valence-corrected chi connectivity index (χ1v) is 8.14. The lowest BCUT2D eigenvalue weighted by Gasteiger charge is -2.19. The number of aryl methyl sites for hydroxylation is 1. The van der Waals surface area contributed by atoms with Crippen molar-refractivity contribution in [1.29, 1.82) is 0 Å². The Labute approximate surface area is 128 Å². The number of furan rings is 1. The SMILES string of the molecule is Cc1oc(S(=O)(=O)N(C)C)cc1C(=O)N(CC(=O)O)C1CC1. The van der Waals surface area contributed by atoms with Gasteiger partial charge >= 0.3 is 5.97 Å². The summed E-state index contributed by atoms with van der Waals surface area (Å²) in [4.78, 5) is 24.6. The van der Waals surface area contributed by atoms with Gasteiger partial charge in [-0.15, -0.1) is 0 Å². The molecular weight excluding hydrogens is 312 g/mol. The van der Waals surface area contributed by atoms with E-state index in [-0.39, 0.29) is 22.5 Å². The van der Waals surface area contributed by atoms with Gasteiger partial charge in [0.1, 0.15) is 12.3 Å². The Kier molecular flexibility index (Phi) is 4.30. The highest BCUT2D eigenvalue weighted by Gasteiger charge is 2.36. The van der Waals surface area contributed by atoms with Gasteiger partial charge in [-0.1, -0.05) is 0 Å². The van der Waals surface area contributed by atoms with Gasteiger partial charge in [-0.25, -0.2) is 12.7 Å². The zero-order valence-electron chi connectivity index (χ0n) is 12.6. The first kappa shape index (κ1) is 16.5. The second kappa shape index (κ2) is 5.73. The van der Waals surface area contributed by atoms with Gasteiger partial charge in [-0.3, -0.25) is 9.59 Å². The number of carbonyl (C=O) groups excluding carboxylic acids is 1. The second-order valence-corrected chi connectivity index (χ2v) is 7.46.